The summed E-state index contributed by atoms with van der Waals surface area (Å²) >= 11 is 0. The number of hydrogen-bond acceptors (Lipinski definition) is 1. The zero-order valence-electron chi connectivity index (χ0n) is 10.6. The maximum Gasteiger partial charge on any atom is 0.219 e. The third-order valence-electron chi connectivity index (χ3n) is 3.62. The zero-order valence-corrected chi connectivity index (χ0v) is 10.6. The summed E-state index contributed by atoms with van der Waals surface area (Å²) in [6.07, 6.45) is 3.54. The minimum atomic E-state index is 0.167. The molecule has 1 aliphatic rings. The van der Waals surface area contributed by atoms with Gasteiger partial charge >= 0.3 is 0 Å². The molecular weight excluding hydrogens is 186 g/mol. The van der Waals surface area contributed by atoms with Crippen LogP contribution in [-0.2, 0) is 4.79 Å². The van der Waals surface area contributed by atoms with Gasteiger partial charge in [-0.2, -0.15) is 0 Å². The average molecular weight is 209 g/mol. The number of amides is 1. The molecule has 0 unspecified atom stereocenters. The Morgan fingerprint density at radius 3 is 2.60 bits per heavy atom. The van der Waals surface area contributed by atoms with Crippen LogP contribution in [0.1, 0.15) is 34.1 Å². The van der Waals surface area contributed by atoms with E-state index in [2.05, 4.69) is 26.8 Å². The van der Waals surface area contributed by atoms with Crippen LogP contribution in [0.15, 0.2) is 11.6 Å². The summed E-state index contributed by atoms with van der Waals surface area (Å²) in [5.41, 5.74) is 1.50. The molecule has 1 aliphatic carbocycles. The van der Waals surface area contributed by atoms with Gasteiger partial charge in [0, 0.05) is 20.5 Å². The summed E-state index contributed by atoms with van der Waals surface area (Å²) < 4.78 is 0. The third-order valence-corrected chi connectivity index (χ3v) is 3.62. The molecule has 0 fully saturated rings. The molecule has 0 saturated carbocycles. The SMILES string of the molecule is CC(=O)N(C)C[C@H]1[C@H](C)C=C(C)C[C@@H]1C. The lowest BCUT2D eigenvalue weighted by atomic mass is 9.75. The van der Waals surface area contributed by atoms with Crippen molar-refractivity contribution < 1.29 is 4.79 Å². The Kier molecular flexibility index (Phi) is 3.95. The fourth-order valence-electron chi connectivity index (χ4n) is 2.61. The van der Waals surface area contributed by atoms with E-state index < -0.39 is 0 Å². The van der Waals surface area contributed by atoms with Gasteiger partial charge in [-0.05, 0) is 31.1 Å². The molecule has 86 valence electrons. The van der Waals surface area contributed by atoms with Crippen LogP contribution in [0.4, 0.5) is 0 Å². The second kappa shape index (κ2) is 4.82. The van der Waals surface area contributed by atoms with Gasteiger partial charge in [-0.25, -0.2) is 0 Å². The van der Waals surface area contributed by atoms with Crippen LogP contribution in [0.5, 0.6) is 0 Å². The van der Waals surface area contributed by atoms with Crippen molar-refractivity contribution in [2.24, 2.45) is 17.8 Å². The topological polar surface area (TPSA) is 20.3 Å². The highest BCUT2D eigenvalue weighted by molar-refractivity contribution is 5.72. The monoisotopic (exact) mass is 209 g/mol. The van der Waals surface area contributed by atoms with Crippen LogP contribution >= 0.6 is 0 Å². The zero-order chi connectivity index (χ0) is 11.6. The van der Waals surface area contributed by atoms with E-state index in [0.717, 1.165) is 6.54 Å². The summed E-state index contributed by atoms with van der Waals surface area (Å²) in [6.45, 7) is 9.29. The lowest BCUT2D eigenvalue weighted by molar-refractivity contribution is -0.128. The highest BCUT2D eigenvalue weighted by Crippen LogP contribution is 2.33. The molecule has 0 radical (unpaired) electrons. The van der Waals surface area contributed by atoms with Gasteiger partial charge in [-0.15, -0.1) is 0 Å². The lowest BCUT2D eigenvalue weighted by Crippen LogP contribution is -2.36. The van der Waals surface area contributed by atoms with Gasteiger partial charge in [-0.1, -0.05) is 25.5 Å². The van der Waals surface area contributed by atoms with Crippen molar-refractivity contribution in [2.75, 3.05) is 13.6 Å². The molecule has 2 heteroatoms. The van der Waals surface area contributed by atoms with Crippen LogP contribution in [0.2, 0.25) is 0 Å². The first-order valence-corrected chi connectivity index (χ1v) is 5.80. The number of hydrogen-bond donors (Lipinski definition) is 0. The standard InChI is InChI=1S/C13H23NO/c1-9-6-10(2)13(11(3)7-9)8-14(5)12(4)15/h6,10-11,13H,7-8H2,1-5H3/t10-,11+,13+/m1/s1. The average Bonchev–Trinajstić information content (AvgIpc) is 2.10. The minimum absolute atomic E-state index is 0.167. The van der Waals surface area contributed by atoms with Crippen LogP contribution in [0.25, 0.3) is 0 Å². The summed E-state index contributed by atoms with van der Waals surface area (Å²) in [7, 11) is 1.90. The van der Waals surface area contributed by atoms with Crippen molar-refractivity contribution in [3.63, 3.8) is 0 Å². The quantitative estimate of drug-likeness (QED) is 0.640. The van der Waals surface area contributed by atoms with Gasteiger partial charge in [0.15, 0.2) is 0 Å². The summed E-state index contributed by atoms with van der Waals surface area (Å²) in [5, 5.41) is 0. The van der Waals surface area contributed by atoms with E-state index in [9.17, 15) is 4.79 Å². The number of carbonyl (C=O) groups is 1. The largest absolute Gasteiger partial charge is 0.346 e. The molecule has 1 amide bonds. The number of carbonyl (C=O) groups excluding carboxylic acids is 1. The first-order chi connectivity index (χ1) is 6.91. The summed E-state index contributed by atoms with van der Waals surface area (Å²) in [5.74, 6) is 2.06. The van der Waals surface area contributed by atoms with E-state index in [-0.39, 0.29) is 5.91 Å². The molecule has 0 spiro atoms. The van der Waals surface area contributed by atoms with Gasteiger partial charge in [0.1, 0.15) is 0 Å². The summed E-state index contributed by atoms with van der Waals surface area (Å²) in [4.78, 5) is 13.0. The van der Waals surface area contributed by atoms with Crippen LogP contribution in [0.3, 0.4) is 0 Å². The van der Waals surface area contributed by atoms with E-state index in [4.69, 9.17) is 0 Å². The van der Waals surface area contributed by atoms with Crippen molar-refractivity contribution in [2.45, 2.75) is 34.1 Å². The molecule has 15 heavy (non-hydrogen) atoms. The van der Waals surface area contributed by atoms with Gasteiger partial charge in [-0.3, -0.25) is 4.79 Å². The molecule has 0 N–H and O–H groups in total. The smallest absolute Gasteiger partial charge is 0.219 e. The van der Waals surface area contributed by atoms with E-state index in [1.54, 1.807) is 6.92 Å². The molecular formula is C13H23NO. The van der Waals surface area contributed by atoms with Crippen molar-refractivity contribution in [3.8, 4) is 0 Å². The van der Waals surface area contributed by atoms with E-state index >= 15 is 0 Å². The van der Waals surface area contributed by atoms with Gasteiger partial charge in [0.2, 0.25) is 5.91 Å². The van der Waals surface area contributed by atoms with Crippen molar-refractivity contribution in [3.05, 3.63) is 11.6 Å². The molecule has 0 bridgehead atoms. The van der Waals surface area contributed by atoms with Crippen molar-refractivity contribution in [1.29, 1.82) is 0 Å². The number of rotatable bonds is 2. The first kappa shape index (κ1) is 12.3. The van der Waals surface area contributed by atoms with Crippen molar-refractivity contribution in [1.82, 2.24) is 4.90 Å². The Morgan fingerprint density at radius 1 is 1.53 bits per heavy atom. The molecule has 3 atom stereocenters. The molecule has 0 saturated heterocycles. The Labute approximate surface area is 93.3 Å². The molecule has 0 heterocycles. The Balaban J connectivity index is 2.65. The van der Waals surface area contributed by atoms with Gasteiger partial charge < -0.3 is 4.90 Å². The predicted molar refractivity (Wildman–Crippen MR) is 63.5 cm³/mol. The fourth-order valence-corrected chi connectivity index (χ4v) is 2.61. The van der Waals surface area contributed by atoms with Gasteiger partial charge in [0.05, 0.1) is 0 Å². The second-order valence-electron chi connectivity index (χ2n) is 5.12. The van der Waals surface area contributed by atoms with E-state index in [1.165, 1.54) is 12.0 Å². The Bertz CT molecular complexity index is 270. The van der Waals surface area contributed by atoms with Crippen molar-refractivity contribution >= 4 is 5.91 Å². The third kappa shape index (κ3) is 3.08. The molecule has 2 nitrogen and oxygen atoms in total. The highest BCUT2D eigenvalue weighted by Gasteiger charge is 2.28. The predicted octanol–water partition coefficient (Wildman–Crippen LogP) is 2.70. The fraction of sp³-hybridized carbons (Fsp3) is 0.769. The molecule has 0 aromatic carbocycles. The molecule has 1 rings (SSSR count). The second-order valence-corrected chi connectivity index (χ2v) is 5.12. The van der Waals surface area contributed by atoms with Gasteiger partial charge in [0.25, 0.3) is 0 Å². The van der Waals surface area contributed by atoms with Crippen LogP contribution in [-0.4, -0.2) is 24.4 Å². The summed E-state index contributed by atoms with van der Waals surface area (Å²) in [6, 6.07) is 0. The maximum absolute atomic E-state index is 11.2. The highest BCUT2D eigenvalue weighted by atomic mass is 16.2. The first-order valence-electron chi connectivity index (χ1n) is 5.80. The Morgan fingerprint density at radius 2 is 2.13 bits per heavy atom. The van der Waals surface area contributed by atoms with Crippen LogP contribution < -0.4 is 0 Å². The van der Waals surface area contributed by atoms with E-state index in [1.807, 2.05) is 11.9 Å². The maximum atomic E-state index is 11.2. The number of nitrogens with zero attached hydrogens (tertiary/aromatic N) is 1. The lowest BCUT2D eigenvalue weighted by Gasteiger charge is -2.35. The number of allylic oxidation sites excluding steroid dienone is 2. The van der Waals surface area contributed by atoms with E-state index in [0.29, 0.717) is 17.8 Å². The molecule has 0 aromatic heterocycles. The minimum Gasteiger partial charge on any atom is -0.346 e. The molecule has 0 aromatic rings. The normalized spacial score (nSPS) is 31.0. The van der Waals surface area contributed by atoms with Crippen LogP contribution in [0, 0.1) is 17.8 Å². The molecule has 0 aliphatic heterocycles. The Hall–Kier alpha value is -0.790.